The highest BCUT2D eigenvalue weighted by molar-refractivity contribution is 5.81. The molecule has 0 heterocycles. The quantitative estimate of drug-likeness (QED) is 0.701. The lowest BCUT2D eigenvalue weighted by Crippen LogP contribution is -2.48. The van der Waals surface area contributed by atoms with E-state index < -0.39 is 0 Å². The predicted octanol–water partition coefficient (Wildman–Crippen LogP) is 0.770. The molecule has 0 aromatic rings. The summed E-state index contributed by atoms with van der Waals surface area (Å²) in [4.78, 5) is 16.0. The molecule has 1 amide bonds. The number of likely N-dealkylation sites (N-methyl/N-ethyl adjacent to an activating group) is 1. The lowest BCUT2D eigenvalue weighted by molar-refractivity contribution is -0.133. The van der Waals surface area contributed by atoms with Crippen LogP contribution in [0.25, 0.3) is 0 Å². The van der Waals surface area contributed by atoms with Crippen molar-refractivity contribution in [3.63, 3.8) is 0 Å². The third kappa shape index (κ3) is 5.47. The van der Waals surface area contributed by atoms with Gasteiger partial charge in [-0.1, -0.05) is 20.8 Å². The van der Waals surface area contributed by atoms with E-state index in [1.807, 2.05) is 32.8 Å². The highest BCUT2D eigenvalue weighted by atomic mass is 16.2. The first kappa shape index (κ1) is 15.4. The average Bonchev–Trinajstić information content (AvgIpc) is 2.21. The van der Waals surface area contributed by atoms with Crippen LogP contribution in [0.2, 0.25) is 0 Å². The summed E-state index contributed by atoms with van der Waals surface area (Å²) in [6.45, 7) is 8.50. The van der Waals surface area contributed by atoms with Gasteiger partial charge in [-0.05, 0) is 26.4 Å². The first-order valence-corrected chi connectivity index (χ1v) is 6.09. The number of nitrogens with two attached hydrogens (primary N) is 1. The predicted molar refractivity (Wildman–Crippen MR) is 68.2 cm³/mol. The Morgan fingerprint density at radius 3 is 2.12 bits per heavy atom. The van der Waals surface area contributed by atoms with Crippen LogP contribution in [0.4, 0.5) is 0 Å². The molecule has 0 bridgehead atoms. The van der Waals surface area contributed by atoms with E-state index in [0.717, 1.165) is 26.1 Å². The number of hydrogen-bond donors (Lipinski definition) is 1. The molecule has 1 atom stereocenters. The zero-order chi connectivity index (χ0) is 12.7. The second-order valence-electron chi connectivity index (χ2n) is 4.90. The first-order chi connectivity index (χ1) is 7.40. The van der Waals surface area contributed by atoms with Crippen LogP contribution in [-0.4, -0.2) is 55.5 Å². The summed E-state index contributed by atoms with van der Waals surface area (Å²) < 4.78 is 0. The number of nitrogens with zero attached hydrogens (tertiary/aromatic N) is 2. The molecule has 0 radical (unpaired) electrons. The van der Waals surface area contributed by atoms with Gasteiger partial charge >= 0.3 is 0 Å². The van der Waals surface area contributed by atoms with Crippen molar-refractivity contribution in [1.82, 2.24) is 9.80 Å². The summed E-state index contributed by atoms with van der Waals surface area (Å²) in [5.74, 6) is 0.282. The number of rotatable bonds is 7. The Balaban J connectivity index is 4.33. The van der Waals surface area contributed by atoms with Crippen molar-refractivity contribution in [2.75, 3.05) is 33.7 Å². The van der Waals surface area contributed by atoms with Crippen LogP contribution in [0, 0.1) is 5.92 Å². The third-order valence-electron chi connectivity index (χ3n) is 2.63. The summed E-state index contributed by atoms with van der Waals surface area (Å²) in [5.41, 5.74) is 5.89. The van der Waals surface area contributed by atoms with E-state index in [0.29, 0.717) is 0 Å². The fourth-order valence-electron chi connectivity index (χ4n) is 1.42. The van der Waals surface area contributed by atoms with E-state index in [1.165, 1.54) is 0 Å². The lowest BCUT2D eigenvalue weighted by atomic mass is 10.0. The molecule has 2 N–H and O–H groups in total. The van der Waals surface area contributed by atoms with Gasteiger partial charge in [-0.15, -0.1) is 0 Å². The molecule has 0 aromatic carbocycles. The largest absolute Gasteiger partial charge is 0.340 e. The normalized spacial score (nSPS) is 13.2. The SMILES string of the molecule is CCCN(CCN(C)C)C(=O)[C@H](N)C(C)C. The van der Waals surface area contributed by atoms with Crippen molar-refractivity contribution in [2.24, 2.45) is 11.7 Å². The Kier molecular flexibility index (Phi) is 7.34. The molecule has 0 rings (SSSR count). The summed E-state index contributed by atoms with van der Waals surface area (Å²) in [6.07, 6.45) is 0.976. The Hall–Kier alpha value is -0.610. The zero-order valence-electron chi connectivity index (χ0n) is 11.4. The molecule has 0 saturated heterocycles. The van der Waals surface area contributed by atoms with Crippen LogP contribution < -0.4 is 5.73 Å². The number of carbonyl (C=O) groups excluding carboxylic acids is 1. The second kappa shape index (κ2) is 7.63. The van der Waals surface area contributed by atoms with Crippen LogP contribution >= 0.6 is 0 Å². The van der Waals surface area contributed by atoms with Crippen LogP contribution in [0.3, 0.4) is 0 Å². The molecule has 4 heteroatoms. The Morgan fingerprint density at radius 2 is 1.75 bits per heavy atom. The maximum absolute atomic E-state index is 12.1. The third-order valence-corrected chi connectivity index (χ3v) is 2.63. The van der Waals surface area contributed by atoms with Crippen LogP contribution in [0.1, 0.15) is 27.2 Å². The molecule has 0 unspecified atom stereocenters. The van der Waals surface area contributed by atoms with Crippen LogP contribution in [0.15, 0.2) is 0 Å². The van der Waals surface area contributed by atoms with Crippen molar-refractivity contribution in [3.05, 3.63) is 0 Å². The lowest BCUT2D eigenvalue weighted by Gasteiger charge is -2.28. The van der Waals surface area contributed by atoms with E-state index in [9.17, 15) is 4.79 Å². The number of amides is 1. The Bertz CT molecular complexity index is 204. The van der Waals surface area contributed by atoms with Gasteiger partial charge in [-0.25, -0.2) is 0 Å². The standard InChI is InChI=1S/C12H27N3O/c1-6-7-15(9-8-14(4)5)12(16)11(13)10(2)3/h10-11H,6-9,13H2,1-5H3/t11-/m1/s1. The monoisotopic (exact) mass is 229 g/mol. The first-order valence-electron chi connectivity index (χ1n) is 6.09. The molecule has 0 saturated carbocycles. The fourth-order valence-corrected chi connectivity index (χ4v) is 1.42. The van der Waals surface area contributed by atoms with Gasteiger partial charge in [0.05, 0.1) is 6.04 Å². The maximum atomic E-state index is 12.1. The zero-order valence-corrected chi connectivity index (χ0v) is 11.4. The molecule has 0 fully saturated rings. The average molecular weight is 229 g/mol. The minimum absolute atomic E-state index is 0.0821. The van der Waals surface area contributed by atoms with E-state index >= 15 is 0 Å². The Labute approximate surface area is 99.8 Å². The molecular weight excluding hydrogens is 202 g/mol. The topological polar surface area (TPSA) is 49.6 Å². The van der Waals surface area contributed by atoms with Gasteiger partial charge in [0.1, 0.15) is 0 Å². The van der Waals surface area contributed by atoms with Gasteiger partial charge in [0.15, 0.2) is 0 Å². The summed E-state index contributed by atoms with van der Waals surface area (Å²) in [5, 5.41) is 0. The molecule has 4 nitrogen and oxygen atoms in total. The second-order valence-corrected chi connectivity index (χ2v) is 4.90. The summed E-state index contributed by atoms with van der Waals surface area (Å²) >= 11 is 0. The van der Waals surface area contributed by atoms with Gasteiger partial charge in [0.2, 0.25) is 5.91 Å². The summed E-state index contributed by atoms with van der Waals surface area (Å²) in [7, 11) is 4.02. The Morgan fingerprint density at radius 1 is 1.19 bits per heavy atom. The van der Waals surface area contributed by atoms with Crippen LogP contribution in [0.5, 0.6) is 0 Å². The number of hydrogen-bond acceptors (Lipinski definition) is 3. The molecule has 0 aromatic heterocycles. The van der Waals surface area contributed by atoms with Crippen molar-refractivity contribution < 1.29 is 4.79 Å². The van der Waals surface area contributed by atoms with E-state index in [-0.39, 0.29) is 17.9 Å². The van der Waals surface area contributed by atoms with E-state index in [4.69, 9.17) is 5.73 Å². The minimum Gasteiger partial charge on any atom is -0.340 e. The smallest absolute Gasteiger partial charge is 0.239 e. The van der Waals surface area contributed by atoms with Crippen LogP contribution in [-0.2, 0) is 4.79 Å². The molecule has 96 valence electrons. The molecule has 16 heavy (non-hydrogen) atoms. The summed E-state index contributed by atoms with van der Waals surface area (Å²) in [6, 6.07) is -0.367. The van der Waals surface area contributed by atoms with Crippen molar-refractivity contribution >= 4 is 5.91 Å². The molecule has 0 aliphatic rings. The van der Waals surface area contributed by atoms with E-state index in [1.54, 1.807) is 0 Å². The van der Waals surface area contributed by atoms with Crippen molar-refractivity contribution in [2.45, 2.75) is 33.2 Å². The highest BCUT2D eigenvalue weighted by Crippen LogP contribution is 2.04. The van der Waals surface area contributed by atoms with Gasteiger partial charge < -0.3 is 15.5 Å². The van der Waals surface area contributed by atoms with Gasteiger partial charge in [-0.2, -0.15) is 0 Å². The molecule has 0 aliphatic carbocycles. The molecular formula is C12H27N3O. The number of carbonyl (C=O) groups is 1. The van der Waals surface area contributed by atoms with Gasteiger partial charge in [0.25, 0.3) is 0 Å². The highest BCUT2D eigenvalue weighted by Gasteiger charge is 2.22. The van der Waals surface area contributed by atoms with Crippen molar-refractivity contribution in [3.8, 4) is 0 Å². The van der Waals surface area contributed by atoms with Crippen molar-refractivity contribution in [1.29, 1.82) is 0 Å². The van der Waals surface area contributed by atoms with E-state index in [2.05, 4.69) is 11.8 Å². The minimum atomic E-state index is -0.367. The molecule has 0 spiro atoms. The maximum Gasteiger partial charge on any atom is 0.239 e. The van der Waals surface area contributed by atoms with Gasteiger partial charge in [0, 0.05) is 19.6 Å². The molecule has 0 aliphatic heterocycles. The fraction of sp³-hybridized carbons (Fsp3) is 0.917. The van der Waals surface area contributed by atoms with Gasteiger partial charge in [-0.3, -0.25) is 4.79 Å².